The van der Waals surface area contributed by atoms with E-state index in [2.05, 4.69) is 10.3 Å². The number of fused-ring (bicyclic) bond motifs is 1. The van der Waals surface area contributed by atoms with Crippen molar-refractivity contribution in [2.24, 2.45) is 0 Å². The zero-order valence-electron chi connectivity index (χ0n) is 13.4. The molecule has 2 unspecified atom stereocenters. The van der Waals surface area contributed by atoms with Crippen LogP contribution in [0.15, 0.2) is 24.3 Å². The lowest BCUT2D eigenvalue weighted by molar-refractivity contribution is -0.120. The number of carbonyl (C=O) groups excluding carboxylic acids is 1. The number of carbonyl (C=O) groups is 1. The van der Waals surface area contributed by atoms with E-state index in [9.17, 15) is 13.2 Å². The average molecular weight is 368 g/mol. The van der Waals surface area contributed by atoms with Crippen LogP contribution < -0.4 is 5.32 Å². The monoisotopic (exact) mass is 368 g/mol. The highest BCUT2D eigenvalue weighted by Gasteiger charge is 2.30. The summed E-state index contributed by atoms with van der Waals surface area (Å²) in [6.07, 6.45) is 1.87. The number of rotatable bonds is 6. The number of amides is 1. The van der Waals surface area contributed by atoms with E-state index in [4.69, 9.17) is 4.74 Å². The fourth-order valence-corrected chi connectivity index (χ4v) is 5.16. The Hall–Kier alpha value is -1.51. The molecule has 2 heterocycles. The molecule has 0 aliphatic carbocycles. The van der Waals surface area contributed by atoms with Gasteiger partial charge in [0.05, 0.1) is 16.3 Å². The summed E-state index contributed by atoms with van der Waals surface area (Å²) in [5, 5.41) is 2.09. The molecule has 1 aliphatic heterocycles. The molecule has 1 aromatic carbocycles. The molecule has 1 N–H and O–H groups in total. The summed E-state index contributed by atoms with van der Waals surface area (Å²) in [5.41, 5.74) is 0.781. The van der Waals surface area contributed by atoms with E-state index in [1.807, 2.05) is 24.3 Å². The van der Waals surface area contributed by atoms with E-state index in [-0.39, 0.29) is 11.9 Å². The molecule has 130 valence electrons. The Balaban J connectivity index is 1.63. The molecule has 1 aliphatic rings. The summed E-state index contributed by atoms with van der Waals surface area (Å²) in [5.74, 6) is -0.701. The molecule has 3 rings (SSSR count). The summed E-state index contributed by atoms with van der Waals surface area (Å²) in [7, 11) is -3.61. The van der Waals surface area contributed by atoms with Gasteiger partial charge in [-0.2, -0.15) is 0 Å². The first kappa shape index (κ1) is 17.3. The molecule has 0 bridgehead atoms. The van der Waals surface area contributed by atoms with Gasteiger partial charge in [-0.05, 0) is 31.9 Å². The average Bonchev–Trinajstić information content (AvgIpc) is 3.19. The molecular formula is C16H20N2O4S2. The van der Waals surface area contributed by atoms with Crippen LogP contribution in [0.3, 0.4) is 0 Å². The van der Waals surface area contributed by atoms with Crippen molar-refractivity contribution in [1.29, 1.82) is 0 Å². The molecule has 1 amide bonds. The normalized spacial score (nSPS) is 19.5. The SMILES string of the molecule is CC(C(=O)NCC1CCCO1)S(=O)(=O)Cc1nc2ccccc2s1. The number of para-hydroxylation sites is 1. The lowest BCUT2D eigenvalue weighted by atomic mass is 10.2. The van der Waals surface area contributed by atoms with E-state index in [1.165, 1.54) is 18.3 Å². The number of hydrogen-bond donors (Lipinski definition) is 1. The minimum atomic E-state index is -3.61. The Morgan fingerprint density at radius 3 is 2.96 bits per heavy atom. The number of sulfone groups is 1. The predicted molar refractivity (Wildman–Crippen MR) is 93.7 cm³/mol. The van der Waals surface area contributed by atoms with Crippen molar-refractivity contribution < 1.29 is 17.9 Å². The number of nitrogens with one attached hydrogen (secondary N) is 1. The van der Waals surface area contributed by atoms with Gasteiger partial charge in [-0.25, -0.2) is 13.4 Å². The lowest BCUT2D eigenvalue weighted by Crippen LogP contribution is -2.41. The van der Waals surface area contributed by atoms with Crippen LogP contribution in [0, 0.1) is 0 Å². The van der Waals surface area contributed by atoms with Crippen molar-refractivity contribution in [1.82, 2.24) is 10.3 Å². The third-order valence-corrected chi connectivity index (χ3v) is 7.29. The van der Waals surface area contributed by atoms with Crippen LogP contribution in [-0.4, -0.2) is 43.8 Å². The molecule has 2 atom stereocenters. The molecule has 6 nitrogen and oxygen atoms in total. The highest BCUT2D eigenvalue weighted by atomic mass is 32.2. The van der Waals surface area contributed by atoms with Crippen molar-refractivity contribution in [2.45, 2.75) is 36.9 Å². The maximum Gasteiger partial charge on any atom is 0.238 e. The van der Waals surface area contributed by atoms with Gasteiger partial charge in [0.15, 0.2) is 9.84 Å². The third-order valence-electron chi connectivity index (χ3n) is 4.10. The number of benzene rings is 1. The first-order chi connectivity index (χ1) is 11.5. The van der Waals surface area contributed by atoms with Gasteiger partial charge in [0.1, 0.15) is 16.0 Å². The van der Waals surface area contributed by atoms with Crippen LogP contribution in [0.1, 0.15) is 24.8 Å². The van der Waals surface area contributed by atoms with Crippen molar-refractivity contribution in [3.05, 3.63) is 29.3 Å². The van der Waals surface area contributed by atoms with Crippen LogP contribution in [0.4, 0.5) is 0 Å². The minimum Gasteiger partial charge on any atom is -0.376 e. The van der Waals surface area contributed by atoms with Gasteiger partial charge >= 0.3 is 0 Å². The zero-order valence-corrected chi connectivity index (χ0v) is 15.0. The van der Waals surface area contributed by atoms with Crippen molar-refractivity contribution in [3.8, 4) is 0 Å². The van der Waals surface area contributed by atoms with Crippen LogP contribution >= 0.6 is 11.3 Å². The topological polar surface area (TPSA) is 85.4 Å². The molecule has 1 fully saturated rings. The number of thiazole rings is 1. The number of hydrogen-bond acceptors (Lipinski definition) is 6. The van der Waals surface area contributed by atoms with E-state index in [1.54, 1.807) is 0 Å². The molecule has 0 spiro atoms. The Kier molecular flexibility index (Phi) is 5.17. The molecular weight excluding hydrogens is 348 g/mol. The van der Waals surface area contributed by atoms with Gasteiger partial charge in [0.25, 0.3) is 0 Å². The van der Waals surface area contributed by atoms with Crippen LogP contribution in [0.5, 0.6) is 0 Å². The summed E-state index contributed by atoms with van der Waals surface area (Å²) in [6.45, 7) is 2.49. The van der Waals surface area contributed by atoms with Crippen LogP contribution in [0.2, 0.25) is 0 Å². The first-order valence-electron chi connectivity index (χ1n) is 7.91. The van der Waals surface area contributed by atoms with Gasteiger partial charge < -0.3 is 10.1 Å². The van der Waals surface area contributed by atoms with Gasteiger partial charge in [-0.15, -0.1) is 11.3 Å². The fourth-order valence-electron chi connectivity index (χ4n) is 2.61. The van der Waals surface area contributed by atoms with Crippen LogP contribution in [0.25, 0.3) is 10.2 Å². The lowest BCUT2D eigenvalue weighted by Gasteiger charge is -2.15. The third kappa shape index (κ3) is 3.93. The number of nitrogens with zero attached hydrogens (tertiary/aromatic N) is 1. The maximum atomic E-state index is 12.5. The quantitative estimate of drug-likeness (QED) is 0.842. The second kappa shape index (κ2) is 7.16. The fraction of sp³-hybridized carbons (Fsp3) is 0.500. The smallest absolute Gasteiger partial charge is 0.238 e. The van der Waals surface area contributed by atoms with E-state index < -0.39 is 21.0 Å². The Bertz CT molecular complexity index is 792. The van der Waals surface area contributed by atoms with E-state index in [0.717, 1.165) is 23.1 Å². The minimum absolute atomic E-state index is 0.00637. The summed E-state index contributed by atoms with van der Waals surface area (Å²) in [6, 6.07) is 7.50. The van der Waals surface area contributed by atoms with E-state index >= 15 is 0 Å². The standard InChI is InChI=1S/C16H20N2O4S2/c1-11(16(19)17-9-12-5-4-8-22-12)24(20,21)10-15-18-13-6-2-3-7-14(13)23-15/h2-3,6-7,11-12H,4-5,8-10H2,1H3,(H,17,19). The van der Waals surface area contributed by atoms with Gasteiger partial charge in [0.2, 0.25) is 5.91 Å². The zero-order chi connectivity index (χ0) is 17.2. The molecule has 2 aromatic rings. The molecule has 24 heavy (non-hydrogen) atoms. The highest BCUT2D eigenvalue weighted by molar-refractivity contribution is 7.92. The highest BCUT2D eigenvalue weighted by Crippen LogP contribution is 2.24. The molecule has 0 radical (unpaired) electrons. The molecule has 1 aromatic heterocycles. The van der Waals surface area contributed by atoms with Gasteiger partial charge in [0, 0.05) is 13.2 Å². The van der Waals surface area contributed by atoms with Crippen molar-refractivity contribution in [3.63, 3.8) is 0 Å². The Morgan fingerprint density at radius 2 is 2.25 bits per heavy atom. The maximum absolute atomic E-state index is 12.5. The summed E-state index contributed by atoms with van der Waals surface area (Å²) < 4.78 is 31.3. The second-order valence-electron chi connectivity index (χ2n) is 5.90. The summed E-state index contributed by atoms with van der Waals surface area (Å²) >= 11 is 1.35. The summed E-state index contributed by atoms with van der Waals surface area (Å²) in [4.78, 5) is 16.5. The van der Waals surface area contributed by atoms with Crippen molar-refractivity contribution in [2.75, 3.05) is 13.2 Å². The second-order valence-corrected chi connectivity index (χ2v) is 9.34. The molecule has 0 saturated carbocycles. The van der Waals surface area contributed by atoms with E-state index in [0.29, 0.717) is 18.2 Å². The van der Waals surface area contributed by atoms with Gasteiger partial charge in [-0.1, -0.05) is 12.1 Å². The first-order valence-corrected chi connectivity index (χ1v) is 10.4. The predicted octanol–water partition coefficient (Wildman–Crippen LogP) is 1.89. The Labute approximate surface area is 145 Å². The Morgan fingerprint density at radius 1 is 1.46 bits per heavy atom. The number of ether oxygens (including phenoxy) is 1. The van der Waals surface area contributed by atoms with Crippen LogP contribution in [-0.2, 0) is 25.1 Å². The van der Waals surface area contributed by atoms with Gasteiger partial charge in [-0.3, -0.25) is 4.79 Å². The van der Waals surface area contributed by atoms with Crippen molar-refractivity contribution >= 4 is 37.3 Å². The molecule has 1 saturated heterocycles. The largest absolute Gasteiger partial charge is 0.376 e. The number of aromatic nitrogens is 1. The molecule has 8 heteroatoms.